The van der Waals surface area contributed by atoms with Crippen LogP contribution >= 0.6 is 0 Å². The molecule has 0 unspecified atom stereocenters. The van der Waals surface area contributed by atoms with Crippen LogP contribution in [0.25, 0.3) is 39.2 Å². The van der Waals surface area contributed by atoms with Crippen LogP contribution in [0.2, 0.25) is 0 Å². The molecule has 7 nitrogen and oxygen atoms in total. The molecule has 0 radical (unpaired) electrons. The van der Waals surface area contributed by atoms with E-state index < -0.39 is 0 Å². The van der Waals surface area contributed by atoms with Gasteiger partial charge in [0.1, 0.15) is 12.1 Å². The van der Waals surface area contributed by atoms with Gasteiger partial charge in [0, 0.05) is 24.0 Å². The maximum absolute atomic E-state index is 9.98. The van der Waals surface area contributed by atoms with Crippen molar-refractivity contribution in [2.75, 3.05) is 5.32 Å². The lowest BCUT2D eigenvalue weighted by molar-refractivity contribution is 0.282. The van der Waals surface area contributed by atoms with Crippen LogP contribution in [0.15, 0.2) is 110 Å². The van der Waals surface area contributed by atoms with Crippen molar-refractivity contribution in [1.82, 2.24) is 24.5 Å². The quantitative estimate of drug-likeness (QED) is 0.272. The van der Waals surface area contributed by atoms with E-state index in [1.54, 1.807) is 18.7 Å². The van der Waals surface area contributed by atoms with Gasteiger partial charge < -0.3 is 10.4 Å². The maximum Gasteiger partial charge on any atom is 0.225 e. The average molecular weight is 499 g/mol. The molecule has 0 aliphatic carbocycles. The van der Waals surface area contributed by atoms with Crippen molar-refractivity contribution < 1.29 is 5.11 Å². The summed E-state index contributed by atoms with van der Waals surface area (Å²) in [6.45, 7) is 2.00. The number of anilines is 1. The Hall–Kier alpha value is -4.88. The summed E-state index contributed by atoms with van der Waals surface area (Å²) in [4.78, 5) is 18.5. The summed E-state index contributed by atoms with van der Waals surface area (Å²) in [7, 11) is 0. The highest BCUT2D eigenvalue weighted by atomic mass is 16.3. The van der Waals surface area contributed by atoms with Crippen LogP contribution in [0.5, 0.6) is 0 Å². The van der Waals surface area contributed by atoms with Gasteiger partial charge >= 0.3 is 0 Å². The van der Waals surface area contributed by atoms with Gasteiger partial charge in [-0.2, -0.15) is 4.98 Å². The SMILES string of the molecule is C[C@H](Nc1nc(-c2ccccc2CO)cc(-n2cnc3cc(-c4ccncc4)ccc32)n1)c1ccccc1. The second-order valence-corrected chi connectivity index (χ2v) is 9.08. The van der Waals surface area contributed by atoms with E-state index in [0.29, 0.717) is 11.8 Å². The summed E-state index contributed by atoms with van der Waals surface area (Å²) in [5.41, 5.74) is 7.47. The number of pyridine rings is 1. The molecular formula is C31H26N6O. The summed E-state index contributed by atoms with van der Waals surface area (Å²) < 4.78 is 1.97. The van der Waals surface area contributed by atoms with Crippen molar-refractivity contribution in [3.05, 3.63) is 121 Å². The second kappa shape index (κ2) is 10.2. The van der Waals surface area contributed by atoms with Gasteiger partial charge in [-0.1, -0.05) is 60.7 Å². The first-order chi connectivity index (χ1) is 18.7. The zero-order chi connectivity index (χ0) is 25.9. The van der Waals surface area contributed by atoms with E-state index in [2.05, 4.69) is 52.5 Å². The molecule has 3 aromatic heterocycles. The van der Waals surface area contributed by atoms with Crippen LogP contribution in [0.1, 0.15) is 24.1 Å². The molecule has 0 spiro atoms. The fraction of sp³-hybridized carbons (Fsp3) is 0.0968. The Morgan fingerprint density at radius 3 is 2.45 bits per heavy atom. The molecule has 1 atom stereocenters. The fourth-order valence-electron chi connectivity index (χ4n) is 4.61. The highest BCUT2D eigenvalue weighted by Gasteiger charge is 2.15. The predicted molar refractivity (Wildman–Crippen MR) is 150 cm³/mol. The lowest BCUT2D eigenvalue weighted by atomic mass is 10.0. The first-order valence-electron chi connectivity index (χ1n) is 12.5. The van der Waals surface area contributed by atoms with Crippen molar-refractivity contribution in [3.8, 4) is 28.2 Å². The molecule has 6 aromatic rings. The molecule has 0 amide bonds. The number of hydrogen-bond donors (Lipinski definition) is 2. The van der Waals surface area contributed by atoms with Gasteiger partial charge in [-0.3, -0.25) is 9.55 Å². The van der Waals surface area contributed by atoms with E-state index in [0.717, 1.165) is 44.5 Å². The lowest BCUT2D eigenvalue weighted by Crippen LogP contribution is -2.11. The Labute approximate surface area is 220 Å². The number of aliphatic hydroxyl groups is 1. The predicted octanol–water partition coefficient (Wildman–Crippen LogP) is 6.21. The minimum atomic E-state index is -0.0789. The number of aliphatic hydroxyl groups excluding tert-OH is 1. The molecule has 2 N–H and O–H groups in total. The molecule has 0 aliphatic rings. The van der Waals surface area contributed by atoms with Gasteiger partial charge in [-0.15, -0.1) is 0 Å². The molecular weight excluding hydrogens is 472 g/mol. The number of nitrogens with one attached hydrogen (secondary N) is 1. The topological polar surface area (TPSA) is 88.8 Å². The summed E-state index contributed by atoms with van der Waals surface area (Å²) in [5, 5.41) is 13.4. The summed E-state index contributed by atoms with van der Waals surface area (Å²) >= 11 is 0. The van der Waals surface area contributed by atoms with Gasteiger partial charge in [0.2, 0.25) is 5.95 Å². The number of nitrogens with zero attached hydrogens (tertiary/aromatic N) is 5. The van der Waals surface area contributed by atoms with Crippen molar-refractivity contribution in [2.45, 2.75) is 19.6 Å². The maximum atomic E-state index is 9.98. The molecule has 3 heterocycles. The second-order valence-electron chi connectivity index (χ2n) is 9.08. The molecule has 0 fully saturated rings. The van der Waals surface area contributed by atoms with Crippen LogP contribution in [0, 0.1) is 0 Å². The summed E-state index contributed by atoms with van der Waals surface area (Å²) in [6.07, 6.45) is 5.36. The zero-order valence-electron chi connectivity index (χ0n) is 20.9. The van der Waals surface area contributed by atoms with Crippen LogP contribution in [0.4, 0.5) is 5.95 Å². The van der Waals surface area contributed by atoms with Gasteiger partial charge in [-0.05, 0) is 53.4 Å². The molecule has 6 rings (SSSR count). The lowest BCUT2D eigenvalue weighted by Gasteiger charge is -2.17. The minimum Gasteiger partial charge on any atom is -0.392 e. The van der Waals surface area contributed by atoms with Crippen molar-refractivity contribution >= 4 is 17.0 Å². The molecule has 0 saturated heterocycles. The number of hydrogen-bond acceptors (Lipinski definition) is 6. The molecule has 7 heteroatoms. The fourth-order valence-corrected chi connectivity index (χ4v) is 4.61. The highest BCUT2D eigenvalue weighted by molar-refractivity contribution is 5.83. The molecule has 186 valence electrons. The first-order valence-corrected chi connectivity index (χ1v) is 12.5. The van der Waals surface area contributed by atoms with Crippen LogP contribution in [-0.4, -0.2) is 29.6 Å². The van der Waals surface area contributed by atoms with Gasteiger partial charge in [0.15, 0.2) is 0 Å². The molecule has 0 aliphatic heterocycles. The third kappa shape index (κ3) is 4.63. The van der Waals surface area contributed by atoms with Crippen LogP contribution in [-0.2, 0) is 6.61 Å². The highest BCUT2D eigenvalue weighted by Crippen LogP contribution is 2.29. The number of rotatable bonds is 7. The van der Waals surface area contributed by atoms with E-state index in [-0.39, 0.29) is 12.6 Å². The average Bonchev–Trinajstić information content (AvgIpc) is 3.41. The molecule has 0 bridgehead atoms. The van der Waals surface area contributed by atoms with E-state index in [4.69, 9.17) is 9.97 Å². The Morgan fingerprint density at radius 1 is 0.842 bits per heavy atom. The summed E-state index contributed by atoms with van der Waals surface area (Å²) in [5.74, 6) is 1.18. The smallest absolute Gasteiger partial charge is 0.225 e. The summed E-state index contributed by atoms with van der Waals surface area (Å²) in [6, 6.07) is 30.0. The number of benzene rings is 3. The van der Waals surface area contributed by atoms with Gasteiger partial charge in [-0.25, -0.2) is 9.97 Å². The number of aromatic nitrogens is 5. The minimum absolute atomic E-state index is 0.00478. The number of fused-ring (bicyclic) bond motifs is 1. The van der Waals surface area contributed by atoms with E-state index in [9.17, 15) is 5.11 Å². The number of imidazole rings is 1. The van der Waals surface area contributed by atoms with E-state index in [1.165, 1.54) is 0 Å². The first kappa shape index (κ1) is 23.5. The Morgan fingerprint density at radius 2 is 1.63 bits per heavy atom. The van der Waals surface area contributed by atoms with Crippen molar-refractivity contribution in [3.63, 3.8) is 0 Å². The zero-order valence-corrected chi connectivity index (χ0v) is 20.9. The Kier molecular flexibility index (Phi) is 6.34. The normalized spacial score (nSPS) is 11.9. The van der Waals surface area contributed by atoms with Crippen LogP contribution in [0.3, 0.4) is 0 Å². The van der Waals surface area contributed by atoms with Crippen LogP contribution < -0.4 is 5.32 Å². The third-order valence-electron chi connectivity index (χ3n) is 6.63. The van der Waals surface area contributed by atoms with Crippen molar-refractivity contribution in [2.24, 2.45) is 0 Å². The third-order valence-corrected chi connectivity index (χ3v) is 6.63. The molecule has 0 saturated carbocycles. The standard InChI is InChI=1S/C31H26N6O/c1-21(22-7-3-2-4-8-22)34-31-35-27(26-10-6-5-9-25(26)19-38)18-30(36-31)37-20-33-28-17-24(11-12-29(28)37)23-13-15-32-16-14-23/h2-18,20-21,38H,19H2,1H3,(H,34,35,36)/t21-/m0/s1. The molecule has 38 heavy (non-hydrogen) atoms. The van der Waals surface area contributed by atoms with Gasteiger partial charge in [0.05, 0.1) is 29.4 Å². The Balaban J connectivity index is 1.45. The monoisotopic (exact) mass is 498 g/mol. The van der Waals surface area contributed by atoms with E-state index >= 15 is 0 Å². The van der Waals surface area contributed by atoms with E-state index in [1.807, 2.05) is 65.2 Å². The van der Waals surface area contributed by atoms with Crippen molar-refractivity contribution in [1.29, 1.82) is 0 Å². The molecule has 3 aromatic carbocycles. The van der Waals surface area contributed by atoms with Gasteiger partial charge in [0.25, 0.3) is 0 Å². The Bertz CT molecular complexity index is 1700. The largest absolute Gasteiger partial charge is 0.392 e.